The minimum atomic E-state index is -4.33. The summed E-state index contributed by atoms with van der Waals surface area (Å²) in [5.74, 6) is -1.48. The van der Waals surface area contributed by atoms with Crippen LogP contribution < -0.4 is 25.4 Å². The van der Waals surface area contributed by atoms with Gasteiger partial charge in [-0.3, -0.25) is 14.4 Å². The number of sulfonamides is 1. The van der Waals surface area contributed by atoms with Crippen molar-refractivity contribution in [1.82, 2.24) is 29.9 Å². The van der Waals surface area contributed by atoms with Gasteiger partial charge in [-0.25, -0.2) is 23.1 Å². The van der Waals surface area contributed by atoms with Gasteiger partial charge in [-0.2, -0.15) is 0 Å². The van der Waals surface area contributed by atoms with Crippen molar-refractivity contribution in [2.45, 2.75) is 87.7 Å². The molecule has 4 atom stereocenters. The lowest BCUT2D eigenvalue weighted by atomic mass is 9.94. The van der Waals surface area contributed by atoms with Crippen molar-refractivity contribution in [3.63, 3.8) is 0 Å². The Labute approximate surface area is 382 Å². The number of rotatable bonds is 10. The van der Waals surface area contributed by atoms with E-state index in [-0.39, 0.29) is 29.2 Å². The molecule has 1 saturated carbocycles. The van der Waals surface area contributed by atoms with E-state index in [9.17, 15) is 22.8 Å². The van der Waals surface area contributed by atoms with Crippen LogP contribution in [0.1, 0.15) is 74.8 Å². The summed E-state index contributed by atoms with van der Waals surface area (Å²) in [6.07, 6.45) is 9.27. The average Bonchev–Trinajstić information content (AvgIpc) is 3.67. The van der Waals surface area contributed by atoms with Gasteiger partial charge in [-0.05, 0) is 113 Å². The van der Waals surface area contributed by atoms with Gasteiger partial charge in [-0.15, -0.1) is 11.3 Å². The third kappa shape index (κ3) is 9.32. The predicted octanol–water partition coefficient (Wildman–Crippen LogP) is 8.05. The molecule has 2 aliphatic heterocycles. The Balaban J connectivity index is 1.01. The number of anilines is 2. The number of aromatic nitrogens is 3. The highest BCUT2D eigenvalue weighted by Gasteiger charge is 2.61. The lowest BCUT2D eigenvalue weighted by molar-refractivity contribution is -0.131. The van der Waals surface area contributed by atoms with Crippen LogP contribution >= 0.6 is 11.3 Å². The Morgan fingerprint density at radius 2 is 1.83 bits per heavy atom. The van der Waals surface area contributed by atoms with Crippen LogP contribution in [0.3, 0.4) is 0 Å². The zero-order chi connectivity index (χ0) is 45.3. The average molecular weight is 915 g/mol. The number of aromatic amines is 1. The molecule has 338 valence electrons. The van der Waals surface area contributed by atoms with Gasteiger partial charge >= 0.3 is 0 Å². The molecule has 0 unspecified atom stereocenters. The molecule has 3 amide bonds. The molecule has 5 N–H and O–H groups in total. The topological polar surface area (TPSA) is 188 Å². The van der Waals surface area contributed by atoms with Crippen LogP contribution in [0.25, 0.3) is 33.2 Å². The fourth-order valence-corrected chi connectivity index (χ4v) is 11.3. The van der Waals surface area contributed by atoms with Crippen LogP contribution in [-0.2, 0) is 26.0 Å². The molecular formula is C49H54N8O6S2. The molecule has 9 rings (SSSR count). The Bertz CT molecular complexity index is 2880. The van der Waals surface area contributed by atoms with E-state index in [0.29, 0.717) is 49.5 Å². The number of benzene rings is 3. The first kappa shape index (κ1) is 44.0. The number of amides is 3. The van der Waals surface area contributed by atoms with Gasteiger partial charge in [0.15, 0.2) is 5.13 Å². The number of carbonyl (C=O) groups is 3. The minimum absolute atomic E-state index is 0.0427. The highest BCUT2D eigenvalue weighted by Crippen LogP contribution is 2.46. The summed E-state index contributed by atoms with van der Waals surface area (Å²) in [4.78, 5) is 58.3. The summed E-state index contributed by atoms with van der Waals surface area (Å²) in [5, 5.41) is 14.3. The number of nitrogens with zero attached hydrogens (tertiary/aromatic N) is 3. The fraction of sp³-hybridized carbons (Fsp3) is 0.367. The van der Waals surface area contributed by atoms with Gasteiger partial charge in [0.25, 0.3) is 21.8 Å². The smallest absolute Gasteiger partial charge is 0.270 e. The third-order valence-corrected chi connectivity index (χ3v) is 14.9. The van der Waals surface area contributed by atoms with Gasteiger partial charge in [0.2, 0.25) is 5.91 Å². The summed E-state index contributed by atoms with van der Waals surface area (Å²) in [6.45, 7) is 5.02. The summed E-state index contributed by atoms with van der Waals surface area (Å²) in [7, 11) is -2.70. The van der Waals surface area contributed by atoms with Gasteiger partial charge in [-0.1, -0.05) is 48.9 Å². The quantitative estimate of drug-likeness (QED) is 0.0842. The highest BCUT2D eigenvalue weighted by atomic mass is 32.2. The van der Waals surface area contributed by atoms with Crippen LogP contribution in [0, 0.1) is 11.8 Å². The summed E-state index contributed by atoms with van der Waals surface area (Å²) < 4.78 is 35.6. The van der Waals surface area contributed by atoms with Crippen molar-refractivity contribution in [3.05, 3.63) is 108 Å². The largest absolute Gasteiger partial charge is 0.497 e. The molecule has 5 heterocycles. The highest BCUT2D eigenvalue weighted by molar-refractivity contribution is 7.90. The van der Waals surface area contributed by atoms with Crippen molar-refractivity contribution in [2.24, 2.45) is 11.8 Å². The molecule has 16 heteroatoms. The first-order valence-corrected chi connectivity index (χ1v) is 24.7. The maximum absolute atomic E-state index is 14.8. The molecule has 1 aliphatic carbocycles. The van der Waals surface area contributed by atoms with E-state index in [1.807, 2.05) is 60.0 Å². The number of thiazole rings is 1. The number of methoxy groups -OCH3 is 1. The molecule has 65 heavy (non-hydrogen) atoms. The van der Waals surface area contributed by atoms with Crippen molar-refractivity contribution in [1.29, 1.82) is 0 Å². The maximum Gasteiger partial charge on any atom is 0.270 e. The number of aryl methyl sites for hydroxylation is 1. The molecule has 0 bridgehead atoms. The standard InChI is InChI=1S/C49H54N8O6S2/c1-30(2)51-48-54-42(29-64-48)40-24-32(36-21-20-35(63-3)26-39(36)53-40)19-18-31-23-43(57(28-31)46(59)41-25-33-13-8-9-15-37(33)52-41)45(58)55-49-27-34(49)14-7-5-4-6-12-22-50-38-16-10-11-17-44(38)65(61,62)56-47(49)60/h7-11,13-17,20-21,24-26,29-31,34,43,50,52H,4-6,12,18-19,22-23,27-28H2,1-3H3,(H,51,54)(H,55,58)(H,56,60)/b14-7-/t31-,34-,43+,49-/m1/s1. The first-order valence-electron chi connectivity index (χ1n) is 22.4. The zero-order valence-corrected chi connectivity index (χ0v) is 38.4. The number of para-hydroxylation sites is 2. The monoisotopic (exact) mass is 914 g/mol. The number of pyridine rings is 1. The zero-order valence-electron chi connectivity index (χ0n) is 36.7. The van der Waals surface area contributed by atoms with Crippen LogP contribution in [0.5, 0.6) is 5.75 Å². The molecule has 1 saturated heterocycles. The Hall–Kier alpha value is -6.26. The molecule has 6 aromatic rings. The Morgan fingerprint density at radius 3 is 2.66 bits per heavy atom. The summed E-state index contributed by atoms with van der Waals surface area (Å²) in [6, 6.07) is 23.1. The van der Waals surface area contributed by atoms with E-state index >= 15 is 0 Å². The Morgan fingerprint density at radius 1 is 1.00 bits per heavy atom. The second-order valence-electron chi connectivity index (χ2n) is 17.7. The maximum atomic E-state index is 14.8. The van der Waals surface area contributed by atoms with E-state index in [0.717, 1.165) is 69.6 Å². The first-order chi connectivity index (χ1) is 31.4. The van der Waals surface area contributed by atoms with Gasteiger partial charge in [0, 0.05) is 52.8 Å². The molecule has 2 fully saturated rings. The van der Waals surface area contributed by atoms with Gasteiger partial charge in [0.1, 0.15) is 33.6 Å². The van der Waals surface area contributed by atoms with Gasteiger partial charge in [0.05, 0.1) is 24.0 Å². The number of likely N-dealkylation sites (tertiary alicyclic amines) is 1. The van der Waals surface area contributed by atoms with Gasteiger partial charge < -0.3 is 30.6 Å². The van der Waals surface area contributed by atoms with Crippen LogP contribution in [0.15, 0.2) is 101 Å². The van der Waals surface area contributed by atoms with E-state index < -0.39 is 39.3 Å². The van der Waals surface area contributed by atoms with Crippen molar-refractivity contribution < 1.29 is 27.5 Å². The van der Waals surface area contributed by atoms with Crippen LogP contribution in [0.4, 0.5) is 10.8 Å². The number of H-pyrrole nitrogens is 1. The van der Waals surface area contributed by atoms with Crippen molar-refractivity contribution in [2.75, 3.05) is 30.8 Å². The van der Waals surface area contributed by atoms with E-state index in [4.69, 9.17) is 14.7 Å². The van der Waals surface area contributed by atoms with E-state index in [1.54, 1.807) is 36.3 Å². The number of nitrogens with one attached hydrogen (secondary N) is 5. The van der Waals surface area contributed by atoms with Crippen molar-refractivity contribution >= 4 is 71.7 Å². The number of carbonyl (C=O) groups excluding carboxylic acids is 3. The van der Waals surface area contributed by atoms with Crippen LogP contribution in [0.2, 0.25) is 0 Å². The third-order valence-electron chi connectivity index (χ3n) is 12.7. The number of ether oxygens (including phenoxy) is 1. The summed E-state index contributed by atoms with van der Waals surface area (Å²) >= 11 is 1.53. The fourth-order valence-electron chi connectivity index (χ4n) is 9.21. The van der Waals surface area contributed by atoms with Crippen molar-refractivity contribution in [3.8, 4) is 17.1 Å². The molecule has 3 aromatic heterocycles. The second-order valence-corrected chi connectivity index (χ2v) is 20.2. The number of fused-ring (bicyclic) bond motifs is 4. The molecular weight excluding hydrogens is 861 g/mol. The number of hydrogen-bond donors (Lipinski definition) is 5. The lowest BCUT2D eigenvalue weighted by Crippen LogP contribution is -2.56. The molecule has 0 spiro atoms. The van der Waals surface area contributed by atoms with Crippen LogP contribution in [-0.4, -0.2) is 83.8 Å². The Kier molecular flexibility index (Phi) is 12.4. The minimum Gasteiger partial charge on any atom is -0.497 e. The molecule has 0 radical (unpaired) electrons. The van der Waals surface area contributed by atoms with E-state index in [1.165, 1.54) is 17.4 Å². The normalized spacial score (nSPS) is 22.5. The summed E-state index contributed by atoms with van der Waals surface area (Å²) in [5.41, 5.74) is 3.35. The second kappa shape index (κ2) is 18.3. The lowest BCUT2D eigenvalue weighted by Gasteiger charge is -2.26. The SMILES string of the molecule is COc1ccc2c(CC[C@@H]3C[C@@H](C(=O)N[C@]45C[C@H]4/C=C\CCCCCNc4ccccc4S(=O)(=O)NC5=O)N(C(=O)c4cc5ccccc5[nH]4)C3)cc(-c3csc(NC(C)C)n3)nc2c1. The molecule has 3 aromatic carbocycles. The van der Waals surface area contributed by atoms with E-state index in [2.05, 4.69) is 45.6 Å². The predicted molar refractivity (Wildman–Crippen MR) is 255 cm³/mol. The molecule has 14 nitrogen and oxygen atoms in total. The number of allylic oxidation sites excluding steroid dienone is 1. The number of hydrogen-bond acceptors (Lipinski definition) is 11. The molecule has 3 aliphatic rings.